The Balaban J connectivity index is 3.22. The van der Waals surface area contributed by atoms with E-state index in [1.54, 1.807) is 6.92 Å². The molecule has 0 aliphatic carbocycles. The number of rotatable bonds is 8. The van der Waals surface area contributed by atoms with Crippen LogP contribution in [0.25, 0.3) is 0 Å². The van der Waals surface area contributed by atoms with Gasteiger partial charge in [0, 0.05) is 25.3 Å². The van der Waals surface area contributed by atoms with Crippen molar-refractivity contribution in [1.82, 2.24) is 4.72 Å². The lowest BCUT2D eigenvalue weighted by Gasteiger charge is -2.17. The van der Waals surface area contributed by atoms with Gasteiger partial charge in [-0.15, -0.1) is 0 Å². The van der Waals surface area contributed by atoms with E-state index in [1.807, 2.05) is 0 Å². The molecule has 10 heteroatoms. The van der Waals surface area contributed by atoms with Gasteiger partial charge in [-0.3, -0.25) is 16.0 Å². The van der Waals surface area contributed by atoms with Crippen molar-refractivity contribution < 1.29 is 18.1 Å². The molecule has 4 N–H and O–H groups in total. The van der Waals surface area contributed by atoms with Gasteiger partial charge in [-0.05, 0) is 12.5 Å². The van der Waals surface area contributed by atoms with Gasteiger partial charge in [0.05, 0.1) is 17.2 Å². The Hall–Kier alpha value is -1.75. The van der Waals surface area contributed by atoms with Crippen LogP contribution in [-0.2, 0) is 14.8 Å². The number of methoxy groups -OCH3 is 1. The molecule has 0 amide bonds. The van der Waals surface area contributed by atoms with Gasteiger partial charge in [0.2, 0.25) is 10.0 Å². The molecule has 1 aromatic rings. The smallest absolute Gasteiger partial charge is 0.270 e. The van der Waals surface area contributed by atoms with Crippen LogP contribution in [0.4, 0.5) is 11.4 Å². The summed E-state index contributed by atoms with van der Waals surface area (Å²) in [4.78, 5) is 9.82. The number of nitrogen functional groups attached to an aromatic ring is 1. The third kappa shape index (κ3) is 4.36. The average molecular weight is 318 g/mol. The first-order chi connectivity index (χ1) is 9.85. The number of hydrogen-bond acceptors (Lipinski definition) is 7. The van der Waals surface area contributed by atoms with Gasteiger partial charge in [0.1, 0.15) is 4.90 Å². The van der Waals surface area contributed by atoms with Gasteiger partial charge in [-0.25, -0.2) is 13.1 Å². The quantitative estimate of drug-likeness (QED) is 0.362. The molecule has 9 nitrogen and oxygen atoms in total. The van der Waals surface area contributed by atoms with Crippen molar-refractivity contribution in [3.8, 4) is 0 Å². The second-order valence-electron chi connectivity index (χ2n) is 4.26. The van der Waals surface area contributed by atoms with Gasteiger partial charge in [-0.2, -0.15) is 0 Å². The molecule has 0 radical (unpaired) electrons. The summed E-state index contributed by atoms with van der Waals surface area (Å²) in [5.41, 5.74) is 1.95. The number of anilines is 1. The monoisotopic (exact) mass is 318 g/mol. The van der Waals surface area contributed by atoms with Crippen LogP contribution in [0.5, 0.6) is 0 Å². The third-order valence-electron chi connectivity index (χ3n) is 2.80. The van der Waals surface area contributed by atoms with Crippen molar-refractivity contribution in [2.75, 3.05) is 19.1 Å². The molecule has 1 unspecified atom stereocenters. The van der Waals surface area contributed by atoms with E-state index < -0.39 is 21.0 Å². The lowest BCUT2D eigenvalue weighted by molar-refractivity contribution is -0.385. The van der Waals surface area contributed by atoms with Crippen LogP contribution in [0.3, 0.4) is 0 Å². The minimum absolute atomic E-state index is 0.0698. The summed E-state index contributed by atoms with van der Waals surface area (Å²) in [7, 11) is -2.51. The predicted octanol–water partition coefficient (Wildman–Crippen LogP) is 0.584. The molecular weight excluding hydrogens is 300 g/mol. The van der Waals surface area contributed by atoms with Crippen LogP contribution < -0.4 is 16.0 Å². The van der Waals surface area contributed by atoms with E-state index in [0.717, 1.165) is 6.07 Å². The van der Waals surface area contributed by atoms with Crippen molar-refractivity contribution in [2.24, 2.45) is 5.84 Å². The molecule has 0 spiro atoms. The van der Waals surface area contributed by atoms with Gasteiger partial charge >= 0.3 is 0 Å². The molecule has 118 valence electrons. The highest BCUT2D eigenvalue weighted by Crippen LogP contribution is 2.26. The summed E-state index contributed by atoms with van der Waals surface area (Å²) in [5, 5.41) is 10.8. The summed E-state index contributed by atoms with van der Waals surface area (Å²) >= 11 is 0. The molecule has 0 heterocycles. The summed E-state index contributed by atoms with van der Waals surface area (Å²) < 4.78 is 32.0. The molecule has 0 fully saturated rings. The van der Waals surface area contributed by atoms with Crippen molar-refractivity contribution in [3.05, 3.63) is 28.3 Å². The van der Waals surface area contributed by atoms with Crippen molar-refractivity contribution in [3.63, 3.8) is 0 Å². The van der Waals surface area contributed by atoms with Gasteiger partial charge in [0.15, 0.2) is 0 Å². The number of nitro groups is 1. The molecule has 1 atom stereocenters. The number of benzene rings is 1. The standard InChI is InChI=1S/C11H18N4O5S/c1-3-8(7-20-2)14-21(18,19)11-6-9(15(16)17)4-5-10(11)13-12/h4-6,8,13-14H,3,7,12H2,1-2H3. The maximum atomic E-state index is 12.3. The highest BCUT2D eigenvalue weighted by Gasteiger charge is 2.24. The first-order valence-electron chi connectivity index (χ1n) is 6.12. The third-order valence-corrected chi connectivity index (χ3v) is 4.36. The molecular formula is C11H18N4O5S. The summed E-state index contributed by atoms with van der Waals surface area (Å²) in [6.45, 7) is 1.98. The largest absolute Gasteiger partial charge is 0.383 e. The minimum atomic E-state index is -3.97. The lowest BCUT2D eigenvalue weighted by atomic mass is 10.3. The number of sulfonamides is 1. The van der Waals surface area contributed by atoms with Gasteiger partial charge in [-0.1, -0.05) is 6.92 Å². The fourth-order valence-electron chi connectivity index (χ4n) is 1.69. The topological polar surface area (TPSA) is 137 Å². The fourth-order valence-corrected chi connectivity index (χ4v) is 3.18. The van der Waals surface area contributed by atoms with E-state index in [1.165, 1.54) is 19.2 Å². The number of nitrogens with one attached hydrogen (secondary N) is 2. The Kier molecular flexibility index (Phi) is 6.03. The number of hydrazine groups is 1. The van der Waals surface area contributed by atoms with Gasteiger partial charge < -0.3 is 10.2 Å². The average Bonchev–Trinajstić information content (AvgIpc) is 2.45. The molecule has 0 aliphatic rings. The van der Waals surface area contributed by atoms with Crippen LogP contribution in [0.15, 0.2) is 23.1 Å². The Morgan fingerprint density at radius 3 is 2.62 bits per heavy atom. The summed E-state index contributed by atoms with van der Waals surface area (Å²) in [6, 6.07) is 2.92. The normalized spacial score (nSPS) is 12.9. The lowest BCUT2D eigenvalue weighted by Crippen LogP contribution is -2.37. The van der Waals surface area contributed by atoms with Gasteiger partial charge in [0.25, 0.3) is 5.69 Å². The first-order valence-corrected chi connectivity index (χ1v) is 7.60. The zero-order valence-electron chi connectivity index (χ0n) is 11.7. The molecule has 1 aromatic carbocycles. The summed E-state index contributed by atoms with van der Waals surface area (Å²) in [5.74, 6) is 5.26. The SMILES string of the molecule is CCC(COC)NS(=O)(=O)c1cc([N+](=O)[O-])ccc1NN. The van der Waals surface area contributed by atoms with E-state index >= 15 is 0 Å². The zero-order chi connectivity index (χ0) is 16.0. The number of nitrogens with two attached hydrogens (primary N) is 1. The Bertz CT molecular complexity index is 605. The fraction of sp³-hybridized carbons (Fsp3) is 0.455. The number of ether oxygens (including phenoxy) is 1. The number of nitrogens with zero attached hydrogens (tertiary/aromatic N) is 1. The van der Waals surface area contributed by atoms with Crippen molar-refractivity contribution in [1.29, 1.82) is 0 Å². The Morgan fingerprint density at radius 1 is 1.48 bits per heavy atom. The number of non-ortho nitro benzene ring substituents is 1. The van der Waals surface area contributed by atoms with E-state index in [4.69, 9.17) is 10.6 Å². The number of nitro benzene ring substituents is 1. The van der Waals surface area contributed by atoms with E-state index in [0.29, 0.717) is 6.42 Å². The van der Waals surface area contributed by atoms with Crippen LogP contribution in [-0.4, -0.2) is 33.1 Å². The van der Waals surface area contributed by atoms with Crippen LogP contribution in [0.2, 0.25) is 0 Å². The molecule has 0 aliphatic heterocycles. The van der Waals surface area contributed by atoms with Crippen LogP contribution in [0, 0.1) is 10.1 Å². The highest BCUT2D eigenvalue weighted by atomic mass is 32.2. The molecule has 0 aromatic heterocycles. The molecule has 21 heavy (non-hydrogen) atoms. The molecule has 0 saturated carbocycles. The van der Waals surface area contributed by atoms with E-state index in [-0.39, 0.29) is 22.9 Å². The predicted molar refractivity (Wildman–Crippen MR) is 77.2 cm³/mol. The van der Waals surface area contributed by atoms with Crippen LogP contribution >= 0.6 is 0 Å². The van der Waals surface area contributed by atoms with E-state index in [9.17, 15) is 18.5 Å². The van der Waals surface area contributed by atoms with Crippen molar-refractivity contribution >= 4 is 21.4 Å². The Morgan fingerprint density at radius 2 is 2.14 bits per heavy atom. The second kappa shape index (κ2) is 7.31. The van der Waals surface area contributed by atoms with Crippen LogP contribution in [0.1, 0.15) is 13.3 Å². The maximum absolute atomic E-state index is 12.3. The van der Waals surface area contributed by atoms with Crippen molar-refractivity contribution in [2.45, 2.75) is 24.3 Å². The van der Waals surface area contributed by atoms with E-state index in [2.05, 4.69) is 10.1 Å². The maximum Gasteiger partial charge on any atom is 0.270 e. The Labute approximate surface area is 122 Å². The molecule has 1 rings (SSSR count). The highest BCUT2D eigenvalue weighted by molar-refractivity contribution is 7.89. The summed E-state index contributed by atoms with van der Waals surface area (Å²) in [6.07, 6.45) is 0.507. The minimum Gasteiger partial charge on any atom is -0.383 e. The number of hydrogen-bond donors (Lipinski definition) is 3. The zero-order valence-corrected chi connectivity index (χ0v) is 12.5. The second-order valence-corrected chi connectivity index (χ2v) is 5.95. The molecule has 0 bridgehead atoms. The first kappa shape index (κ1) is 17.3. The molecule has 0 saturated heterocycles.